The third kappa shape index (κ3) is 2.00. The summed E-state index contributed by atoms with van der Waals surface area (Å²) in [6.45, 7) is 2.98. The number of anilines is 2. The molecule has 98 valence electrons. The van der Waals surface area contributed by atoms with E-state index in [1.807, 2.05) is 0 Å². The van der Waals surface area contributed by atoms with Crippen LogP contribution in [0.3, 0.4) is 0 Å². The summed E-state index contributed by atoms with van der Waals surface area (Å²) in [4.78, 5) is 11.6. The van der Waals surface area contributed by atoms with E-state index in [1.165, 1.54) is 13.8 Å². The molecule has 1 aromatic carbocycles. The number of hydrogen-bond acceptors (Lipinski definition) is 2. The molecule has 0 unspecified atom stereocenters. The number of alkyl halides is 3. The van der Waals surface area contributed by atoms with Gasteiger partial charge in [0.05, 0.1) is 16.9 Å². The first kappa shape index (κ1) is 12.7. The smallest absolute Gasteiger partial charge is 0.370 e. The van der Waals surface area contributed by atoms with Gasteiger partial charge >= 0.3 is 6.18 Å². The van der Waals surface area contributed by atoms with Crippen molar-refractivity contribution < 1.29 is 22.4 Å². The maximum atomic E-state index is 13.2. The van der Waals surface area contributed by atoms with Crippen LogP contribution in [0.1, 0.15) is 19.4 Å². The number of halogens is 4. The zero-order valence-electron chi connectivity index (χ0n) is 9.57. The van der Waals surface area contributed by atoms with Gasteiger partial charge in [0.15, 0.2) is 0 Å². The second kappa shape index (κ2) is 3.60. The van der Waals surface area contributed by atoms with Crippen molar-refractivity contribution in [3.8, 4) is 0 Å². The van der Waals surface area contributed by atoms with Gasteiger partial charge in [-0.05, 0) is 26.0 Å². The summed E-state index contributed by atoms with van der Waals surface area (Å²) in [5.41, 5.74) is -2.81. The number of amides is 1. The highest BCUT2D eigenvalue weighted by atomic mass is 19.4. The molecule has 0 saturated carbocycles. The van der Waals surface area contributed by atoms with E-state index < -0.39 is 34.7 Å². The summed E-state index contributed by atoms with van der Waals surface area (Å²) in [7, 11) is 0. The highest BCUT2D eigenvalue weighted by molar-refractivity contribution is 6.06. The van der Waals surface area contributed by atoms with Crippen LogP contribution in [0.5, 0.6) is 0 Å². The maximum Gasteiger partial charge on any atom is 0.418 e. The van der Waals surface area contributed by atoms with Crippen LogP contribution in [0.2, 0.25) is 0 Å². The Balaban J connectivity index is 2.62. The Hall–Kier alpha value is -1.79. The van der Waals surface area contributed by atoms with Crippen LogP contribution < -0.4 is 10.6 Å². The molecule has 3 nitrogen and oxygen atoms in total. The first-order valence-corrected chi connectivity index (χ1v) is 5.11. The van der Waals surface area contributed by atoms with Gasteiger partial charge in [-0.25, -0.2) is 4.39 Å². The quantitative estimate of drug-likeness (QED) is 0.706. The fraction of sp³-hybridized carbons (Fsp3) is 0.364. The summed E-state index contributed by atoms with van der Waals surface area (Å²) in [5, 5.41) is 4.75. The normalized spacial score (nSPS) is 17.8. The van der Waals surface area contributed by atoms with Crippen molar-refractivity contribution in [1.82, 2.24) is 0 Å². The average Bonchev–Trinajstić information content (AvgIpc) is 2.17. The molecule has 1 heterocycles. The molecule has 1 aromatic rings. The van der Waals surface area contributed by atoms with E-state index in [2.05, 4.69) is 10.6 Å². The molecule has 0 saturated heterocycles. The standard InChI is InChI=1S/C11H10F4N2O/c1-10(2)9(18)16-8-6(11(13,14)15)3-5(12)4-7(8)17-10/h3-4,17H,1-2H3,(H,16,18). The van der Waals surface area contributed by atoms with Crippen molar-refractivity contribution in [2.24, 2.45) is 0 Å². The van der Waals surface area contributed by atoms with Gasteiger partial charge in [0, 0.05) is 0 Å². The molecule has 0 fully saturated rings. The van der Waals surface area contributed by atoms with Gasteiger partial charge in [0.25, 0.3) is 0 Å². The Kier molecular flexibility index (Phi) is 2.53. The van der Waals surface area contributed by atoms with Crippen LogP contribution in [0, 0.1) is 5.82 Å². The number of carbonyl (C=O) groups excluding carboxylic acids is 1. The third-order valence-electron chi connectivity index (χ3n) is 2.66. The Morgan fingerprint density at radius 3 is 2.39 bits per heavy atom. The minimum absolute atomic E-state index is 0.0769. The van der Waals surface area contributed by atoms with E-state index in [0.29, 0.717) is 6.07 Å². The topological polar surface area (TPSA) is 41.1 Å². The highest BCUT2D eigenvalue weighted by Crippen LogP contribution is 2.42. The lowest BCUT2D eigenvalue weighted by atomic mass is 9.98. The van der Waals surface area contributed by atoms with Gasteiger partial charge in [-0.2, -0.15) is 13.2 Å². The average molecular weight is 262 g/mol. The number of nitrogens with one attached hydrogen (secondary N) is 2. The van der Waals surface area contributed by atoms with Gasteiger partial charge in [0.2, 0.25) is 5.91 Å². The number of benzene rings is 1. The molecule has 2 N–H and O–H groups in total. The van der Waals surface area contributed by atoms with Crippen molar-refractivity contribution in [2.75, 3.05) is 10.6 Å². The van der Waals surface area contributed by atoms with Crippen LogP contribution in [0.4, 0.5) is 28.9 Å². The van der Waals surface area contributed by atoms with Crippen LogP contribution >= 0.6 is 0 Å². The van der Waals surface area contributed by atoms with Crippen LogP contribution in [-0.4, -0.2) is 11.4 Å². The molecule has 2 rings (SSSR count). The first-order valence-electron chi connectivity index (χ1n) is 5.11. The SMILES string of the molecule is CC1(C)Nc2cc(F)cc(C(F)(F)F)c2NC1=O. The molecule has 0 aliphatic carbocycles. The lowest BCUT2D eigenvalue weighted by Gasteiger charge is -2.34. The molecule has 1 amide bonds. The largest absolute Gasteiger partial charge is 0.418 e. The zero-order valence-corrected chi connectivity index (χ0v) is 9.57. The van der Waals surface area contributed by atoms with Crippen LogP contribution in [-0.2, 0) is 11.0 Å². The Labute approximate surface area is 100 Å². The summed E-state index contributed by atoms with van der Waals surface area (Å²) < 4.78 is 51.4. The lowest BCUT2D eigenvalue weighted by molar-refractivity contribution is -0.137. The first-order chi connectivity index (χ1) is 8.11. The van der Waals surface area contributed by atoms with Crippen molar-refractivity contribution in [3.05, 3.63) is 23.5 Å². The third-order valence-corrected chi connectivity index (χ3v) is 2.66. The van der Waals surface area contributed by atoms with E-state index in [-0.39, 0.29) is 5.69 Å². The molecule has 0 aromatic heterocycles. The summed E-state index contributed by atoms with van der Waals surface area (Å²) in [6.07, 6.45) is -4.73. The molecule has 7 heteroatoms. The molecule has 18 heavy (non-hydrogen) atoms. The van der Waals surface area contributed by atoms with E-state index in [4.69, 9.17) is 0 Å². The van der Waals surface area contributed by atoms with Crippen LogP contribution in [0.25, 0.3) is 0 Å². The fourth-order valence-electron chi connectivity index (χ4n) is 1.73. The van der Waals surface area contributed by atoms with E-state index >= 15 is 0 Å². The van der Waals surface area contributed by atoms with Crippen molar-refractivity contribution in [2.45, 2.75) is 25.6 Å². The predicted molar refractivity (Wildman–Crippen MR) is 57.7 cm³/mol. The molecular formula is C11H10F4N2O. The number of rotatable bonds is 0. The summed E-state index contributed by atoms with van der Waals surface area (Å²) in [6, 6.07) is 1.28. The monoisotopic (exact) mass is 262 g/mol. The summed E-state index contributed by atoms with van der Waals surface area (Å²) in [5.74, 6) is -1.62. The molecule has 1 aliphatic rings. The predicted octanol–water partition coefficient (Wildman–Crippen LogP) is 2.99. The maximum absolute atomic E-state index is 13.2. The Bertz CT molecular complexity index is 523. The molecule has 0 spiro atoms. The Morgan fingerprint density at radius 1 is 1.22 bits per heavy atom. The lowest BCUT2D eigenvalue weighted by Crippen LogP contribution is -2.48. The van der Waals surface area contributed by atoms with E-state index in [9.17, 15) is 22.4 Å². The van der Waals surface area contributed by atoms with Crippen molar-refractivity contribution in [1.29, 1.82) is 0 Å². The van der Waals surface area contributed by atoms with Gasteiger partial charge in [-0.1, -0.05) is 0 Å². The van der Waals surface area contributed by atoms with Crippen LogP contribution in [0.15, 0.2) is 12.1 Å². The highest BCUT2D eigenvalue weighted by Gasteiger charge is 2.40. The molecular weight excluding hydrogens is 252 g/mol. The number of carbonyl (C=O) groups is 1. The molecule has 0 radical (unpaired) electrons. The van der Waals surface area contributed by atoms with E-state index in [0.717, 1.165) is 6.07 Å². The molecule has 0 bridgehead atoms. The van der Waals surface area contributed by atoms with Gasteiger partial charge in [-0.15, -0.1) is 0 Å². The van der Waals surface area contributed by atoms with Crippen molar-refractivity contribution >= 4 is 17.3 Å². The van der Waals surface area contributed by atoms with E-state index in [1.54, 1.807) is 0 Å². The fourth-order valence-corrected chi connectivity index (χ4v) is 1.73. The van der Waals surface area contributed by atoms with Gasteiger partial charge in [0.1, 0.15) is 11.4 Å². The molecule has 0 atom stereocenters. The van der Waals surface area contributed by atoms with Gasteiger partial charge in [-0.3, -0.25) is 4.79 Å². The zero-order chi connectivity index (χ0) is 13.7. The molecule has 1 aliphatic heterocycles. The van der Waals surface area contributed by atoms with Crippen molar-refractivity contribution in [3.63, 3.8) is 0 Å². The number of fused-ring (bicyclic) bond motifs is 1. The second-order valence-electron chi connectivity index (χ2n) is 4.58. The number of hydrogen-bond donors (Lipinski definition) is 2. The second-order valence-corrected chi connectivity index (χ2v) is 4.58. The Morgan fingerprint density at radius 2 is 1.83 bits per heavy atom. The summed E-state index contributed by atoms with van der Waals surface area (Å²) >= 11 is 0. The minimum atomic E-state index is -4.73. The minimum Gasteiger partial charge on any atom is -0.370 e. The van der Waals surface area contributed by atoms with Gasteiger partial charge < -0.3 is 10.6 Å².